The summed E-state index contributed by atoms with van der Waals surface area (Å²) < 4.78 is 8.07. The quantitative estimate of drug-likeness (QED) is 0.641. The molecular formula is C19H20BrClN4O2. The van der Waals surface area contributed by atoms with Gasteiger partial charge >= 0.3 is 0 Å². The number of anilines is 1. The van der Waals surface area contributed by atoms with Crippen molar-refractivity contribution in [3.8, 4) is 17.0 Å². The number of ether oxygens (including phenoxy) is 1. The van der Waals surface area contributed by atoms with Gasteiger partial charge in [0.1, 0.15) is 11.6 Å². The molecule has 27 heavy (non-hydrogen) atoms. The molecule has 1 fully saturated rings. The molecule has 6 nitrogen and oxygen atoms in total. The second kappa shape index (κ2) is 7.66. The van der Waals surface area contributed by atoms with Crippen LogP contribution in [-0.2, 0) is 6.61 Å². The molecule has 1 aliphatic rings. The van der Waals surface area contributed by atoms with Crippen molar-refractivity contribution in [3.05, 3.63) is 39.6 Å². The average molecular weight is 452 g/mol. The van der Waals surface area contributed by atoms with Gasteiger partial charge in [0.25, 0.3) is 0 Å². The molecule has 3 aromatic rings. The van der Waals surface area contributed by atoms with E-state index in [1.165, 1.54) is 19.3 Å². The van der Waals surface area contributed by atoms with E-state index in [9.17, 15) is 5.11 Å². The monoisotopic (exact) mass is 450 g/mol. The van der Waals surface area contributed by atoms with E-state index in [0.29, 0.717) is 27.8 Å². The van der Waals surface area contributed by atoms with Crippen LogP contribution < -0.4 is 9.64 Å². The highest BCUT2D eigenvalue weighted by Gasteiger charge is 2.18. The third kappa shape index (κ3) is 3.51. The van der Waals surface area contributed by atoms with Crippen molar-refractivity contribution >= 4 is 39.1 Å². The Balaban J connectivity index is 1.79. The van der Waals surface area contributed by atoms with Crippen molar-refractivity contribution in [1.82, 2.24) is 14.4 Å². The van der Waals surface area contributed by atoms with Crippen molar-refractivity contribution in [1.29, 1.82) is 0 Å². The maximum absolute atomic E-state index is 9.76. The maximum Gasteiger partial charge on any atom is 0.236 e. The van der Waals surface area contributed by atoms with Crippen LogP contribution in [0.4, 0.5) is 5.82 Å². The number of hydrogen-bond donors (Lipinski definition) is 1. The van der Waals surface area contributed by atoms with E-state index in [1.807, 2.05) is 16.8 Å². The van der Waals surface area contributed by atoms with E-state index in [2.05, 4.69) is 25.8 Å². The zero-order valence-corrected chi connectivity index (χ0v) is 17.3. The van der Waals surface area contributed by atoms with E-state index < -0.39 is 0 Å². The number of benzene rings is 1. The molecule has 8 heteroatoms. The Morgan fingerprint density at radius 2 is 1.96 bits per heavy atom. The fraction of sp³-hybridized carbons (Fsp3) is 0.368. The summed E-state index contributed by atoms with van der Waals surface area (Å²) in [5.74, 6) is 2.07. The number of imidazole rings is 1. The van der Waals surface area contributed by atoms with Crippen molar-refractivity contribution in [3.63, 3.8) is 0 Å². The lowest BCUT2D eigenvalue weighted by Crippen LogP contribution is -2.30. The van der Waals surface area contributed by atoms with E-state index in [1.54, 1.807) is 19.2 Å². The molecule has 1 N–H and O–H groups in total. The number of aliphatic hydroxyl groups excluding tert-OH is 1. The van der Waals surface area contributed by atoms with Gasteiger partial charge in [0.05, 0.1) is 28.9 Å². The van der Waals surface area contributed by atoms with Gasteiger partial charge in [-0.05, 0) is 52.9 Å². The normalized spacial score (nSPS) is 14.7. The minimum absolute atomic E-state index is 0.132. The third-order valence-electron chi connectivity index (χ3n) is 4.86. The van der Waals surface area contributed by atoms with Crippen LogP contribution in [-0.4, -0.2) is 39.7 Å². The van der Waals surface area contributed by atoms with Gasteiger partial charge in [-0.25, -0.2) is 4.98 Å². The van der Waals surface area contributed by atoms with Crippen molar-refractivity contribution < 1.29 is 9.84 Å². The lowest BCUT2D eigenvalue weighted by atomic mass is 10.1. The first-order valence-electron chi connectivity index (χ1n) is 8.88. The molecular weight excluding hydrogens is 432 g/mol. The number of piperidine rings is 1. The van der Waals surface area contributed by atoms with Crippen molar-refractivity contribution in [2.45, 2.75) is 25.9 Å². The van der Waals surface area contributed by atoms with Gasteiger partial charge in [0, 0.05) is 31.0 Å². The van der Waals surface area contributed by atoms with Crippen LogP contribution in [0.2, 0.25) is 5.02 Å². The molecule has 0 unspecified atom stereocenters. The number of aliphatic hydroxyl groups is 1. The topological polar surface area (TPSA) is 62.9 Å². The standard InChI is InChI=1S/C19H20BrClN4O2/c1-27-17-7-12(11-26)13(8-15(17)21)16-10-25-9-14(20)18(23-19(25)22-16)24-5-3-2-4-6-24/h7-10,26H,2-6,11H2,1H3. The lowest BCUT2D eigenvalue weighted by Gasteiger charge is -2.28. The molecule has 0 amide bonds. The average Bonchev–Trinajstić information content (AvgIpc) is 3.10. The smallest absolute Gasteiger partial charge is 0.236 e. The van der Waals surface area contributed by atoms with Crippen LogP contribution in [0.1, 0.15) is 24.8 Å². The SMILES string of the molecule is COc1cc(CO)c(-c2cn3cc(Br)c(N4CCCCC4)nc3n2)cc1Cl. The van der Waals surface area contributed by atoms with E-state index in [-0.39, 0.29) is 6.61 Å². The highest BCUT2D eigenvalue weighted by molar-refractivity contribution is 9.10. The number of rotatable bonds is 4. The second-order valence-corrected chi connectivity index (χ2v) is 7.86. The van der Waals surface area contributed by atoms with Gasteiger partial charge in [0.2, 0.25) is 5.78 Å². The fourth-order valence-corrected chi connectivity index (χ4v) is 4.27. The zero-order valence-electron chi connectivity index (χ0n) is 15.0. The fourth-order valence-electron chi connectivity index (χ4n) is 3.47. The van der Waals surface area contributed by atoms with Crippen LogP contribution in [0.5, 0.6) is 5.75 Å². The Hall–Kier alpha value is -1.83. The summed E-state index contributed by atoms with van der Waals surface area (Å²) in [4.78, 5) is 11.7. The van der Waals surface area contributed by atoms with Crippen LogP contribution >= 0.6 is 27.5 Å². The molecule has 142 valence electrons. The van der Waals surface area contributed by atoms with Gasteiger partial charge in [-0.3, -0.25) is 4.40 Å². The predicted molar refractivity (Wildman–Crippen MR) is 110 cm³/mol. The Bertz CT molecular complexity index is 985. The first kappa shape index (κ1) is 18.5. The molecule has 4 rings (SSSR count). The summed E-state index contributed by atoms with van der Waals surface area (Å²) in [5.41, 5.74) is 2.18. The summed E-state index contributed by atoms with van der Waals surface area (Å²) in [6, 6.07) is 3.51. The van der Waals surface area contributed by atoms with Gasteiger partial charge < -0.3 is 14.7 Å². The van der Waals surface area contributed by atoms with E-state index >= 15 is 0 Å². The summed E-state index contributed by atoms with van der Waals surface area (Å²) >= 11 is 9.93. The molecule has 1 aliphatic heterocycles. The van der Waals surface area contributed by atoms with Crippen molar-refractivity contribution in [2.75, 3.05) is 25.1 Å². The molecule has 1 saturated heterocycles. The molecule has 0 aliphatic carbocycles. The second-order valence-electron chi connectivity index (χ2n) is 6.60. The van der Waals surface area contributed by atoms with Gasteiger partial charge in [-0.15, -0.1) is 0 Å². The molecule has 0 bridgehead atoms. The molecule has 2 aromatic heterocycles. The highest BCUT2D eigenvalue weighted by atomic mass is 79.9. The summed E-state index contributed by atoms with van der Waals surface area (Å²) in [6.07, 6.45) is 7.51. The number of nitrogens with zero attached hydrogens (tertiary/aromatic N) is 4. The molecule has 0 saturated carbocycles. The van der Waals surface area contributed by atoms with Gasteiger partial charge in [0.15, 0.2) is 0 Å². The Morgan fingerprint density at radius 1 is 1.19 bits per heavy atom. The maximum atomic E-state index is 9.76. The molecule has 0 atom stereocenters. The highest BCUT2D eigenvalue weighted by Crippen LogP contribution is 2.34. The number of aromatic nitrogens is 3. The predicted octanol–water partition coefficient (Wildman–Crippen LogP) is 4.30. The molecule has 0 spiro atoms. The Labute approximate surface area is 170 Å². The Morgan fingerprint density at radius 3 is 2.67 bits per heavy atom. The van der Waals surface area contributed by atoms with Gasteiger partial charge in [-0.2, -0.15) is 4.98 Å². The van der Waals surface area contributed by atoms with E-state index in [4.69, 9.17) is 21.3 Å². The lowest BCUT2D eigenvalue weighted by molar-refractivity contribution is 0.281. The number of methoxy groups -OCH3 is 1. The van der Waals surface area contributed by atoms with Crippen molar-refractivity contribution in [2.24, 2.45) is 0 Å². The first-order valence-corrected chi connectivity index (χ1v) is 10.1. The number of halogens is 2. The molecule has 0 radical (unpaired) electrons. The van der Waals surface area contributed by atoms with Crippen LogP contribution in [0.15, 0.2) is 29.0 Å². The van der Waals surface area contributed by atoms with Gasteiger partial charge in [-0.1, -0.05) is 11.6 Å². The largest absolute Gasteiger partial charge is 0.495 e. The summed E-state index contributed by atoms with van der Waals surface area (Å²) in [5, 5.41) is 10.2. The molecule has 3 heterocycles. The number of hydrogen-bond acceptors (Lipinski definition) is 5. The zero-order chi connectivity index (χ0) is 19.0. The Kier molecular flexibility index (Phi) is 5.25. The molecule has 1 aromatic carbocycles. The van der Waals surface area contributed by atoms with Crippen LogP contribution in [0, 0.1) is 0 Å². The van der Waals surface area contributed by atoms with Crippen LogP contribution in [0.25, 0.3) is 17.0 Å². The number of fused-ring (bicyclic) bond motifs is 1. The summed E-state index contributed by atoms with van der Waals surface area (Å²) in [6.45, 7) is 1.89. The minimum atomic E-state index is -0.132. The first-order chi connectivity index (χ1) is 13.1. The third-order valence-corrected chi connectivity index (χ3v) is 5.72. The minimum Gasteiger partial charge on any atom is -0.495 e. The van der Waals surface area contributed by atoms with E-state index in [0.717, 1.165) is 28.9 Å². The summed E-state index contributed by atoms with van der Waals surface area (Å²) in [7, 11) is 1.55. The van der Waals surface area contributed by atoms with Crippen LogP contribution in [0.3, 0.4) is 0 Å².